The molecule has 0 radical (unpaired) electrons. The average molecular weight is 484 g/mol. The Balaban J connectivity index is 1.54. The molecule has 2 aromatic heterocycles. The second-order valence-corrected chi connectivity index (χ2v) is 8.43. The lowest BCUT2D eigenvalue weighted by Crippen LogP contribution is -2.71. The van der Waals surface area contributed by atoms with Gasteiger partial charge in [0.2, 0.25) is 6.20 Å². The van der Waals surface area contributed by atoms with Gasteiger partial charge in [-0.15, -0.1) is 11.8 Å². The summed E-state index contributed by atoms with van der Waals surface area (Å²) in [6.07, 6.45) is 4.68. The normalized spacial score (nSPS) is 19.9. The number of rotatable bonds is 7. The standard InChI is InChI=1S/C20H20N8O5S/c1-33-26-14(11-3-2-4-12(21)24-11)17(29)25-15-18(30)28-16(20(31)32)10(9-34-19(15)28)7-27-6-5-23-13(22)8-27/h2-6,8,15,19H,7,9H2,1H3,(H5-,21,22,23,24,25,29,31,32)/t15?,19-/m0/s1. The SMILES string of the molecule is CON=C(C(=O)NC1C(=O)N2C(C(=O)[O-])=C(C[n+]3ccnc(N)c3)CS[C@@H]12)c1cccc(N)n1. The monoisotopic (exact) mass is 484 g/mol. The van der Waals surface area contributed by atoms with Crippen LogP contribution < -0.4 is 26.5 Å². The van der Waals surface area contributed by atoms with Gasteiger partial charge in [0.15, 0.2) is 24.3 Å². The van der Waals surface area contributed by atoms with Crippen molar-refractivity contribution in [1.82, 2.24) is 20.2 Å². The number of fused-ring (bicyclic) bond motifs is 1. The first-order chi connectivity index (χ1) is 16.3. The second kappa shape index (κ2) is 9.35. The number of nitrogens with two attached hydrogens (primary N) is 2. The highest BCUT2D eigenvalue weighted by atomic mass is 32.2. The lowest BCUT2D eigenvalue weighted by Gasteiger charge is -2.50. The molecule has 0 bridgehead atoms. The van der Waals surface area contributed by atoms with Gasteiger partial charge in [-0.25, -0.2) is 9.97 Å². The van der Waals surface area contributed by atoms with Crippen molar-refractivity contribution >= 4 is 46.9 Å². The molecule has 1 saturated heterocycles. The number of aromatic nitrogens is 3. The molecule has 2 atom stereocenters. The number of carbonyl (C=O) groups is 3. The Morgan fingerprint density at radius 1 is 1.38 bits per heavy atom. The third-order valence-corrected chi connectivity index (χ3v) is 6.43. The van der Waals surface area contributed by atoms with Crippen molar-refractivity contribution in [3.05, 3.63) is 53.8 Å². The van der Waals surface area contributed by atoms with Crippen molar-refractivity contribution in [3.8, 4) is 0 Å². The number of nitrogens with one attached hydrogen (secondary N) is 1. The van der Waals surface area contributed by atoms with Gasteiger partial charge in [0.25, 0.3) is 11.8 Å². The molecule has 14 heteroatoms. The average Bonchev–Trinajstić information content (AvgIpc) is 2.80. The van der Waals surface area contributed by atoms with Crippen molar-refractivity contribution < 1.29 is 28.9 Å². The number of aliphatic carboxylic acids is 1. The van der Waals surface area contributed by atoms with Gasteiger partial charge in [-0.2, -0.15) is 4.57 Å². The second-order valence-electron chi connectivity index (χ2n) is 7.32. The minimum absolute atomic E-state index is 0.158. The van der Waals surface area contributed by atoms with Gasteiger partial charge in [-0.1, -0.05) is 11.2 Å². The molecule has 0 saturated carbocycles. The lowest BCUT2D eigenvalue weighted by molar-refractivity contribution is -0.688. The summed E-state index contributed by atoms with van der Waals surface area (Å²) in [7, 11) is 1.26. The lowest BCUT2D eigenvalue weighted by atomic mass is 10.0. The van der Waals surface area contributed by atoms with E-state index in [-0.39, 0.29) is 35.3 Å². The molecule has 0 aliphatic carbocycles. The molecule has 1 unspecified atom stereocenters. The van der Waals surface area contributed by atoms with Crippen LogP contribution in [0.3, 0.4) is 0 Å². The molecule has 0 aromatic carbocycles. The molecular weight excluding hydrogens is 464 g/mol. The molecule has 34 heavy (non-hydrogen) atoms. The summed E-state index contributed by atoms with van der Waals surface area (Å²) in [5, 5.41) is 17.6. The van der Waals surface area contributed by atoms with Crippen LogP contribution in [-0.4, -0.2) is 62.6 Å². The fourth-order valence-electron chi connectivity index (χ4n) is 3.65. The maximum Gasteiger partial charge on any atom is 0.276 e. The molecule has 4 heterocycles. The third-order valence-electron chi connectivity index (χ3n) is 5.09. The van der Waals surface area contributed by atoms with Crippen LogP contribution in [0.1, 0.15) is 5.69 Å². The summed E-state index contributed by atoms with van der Waals surface area (Å²) in [4.78, 5) is 51.5. The zero-order chi connectivity index (χ0) is 24.4. The molecule has 5 N–H and O–H groups in total. The summed E-state index contributed by atoms with van der Waals surface area (Å²) in [6, 6.07) is 3.68. The highest BCUT2D eigenvalue weighted by molar-refractivity contribution is 8.00. The van der Waals surface area contributed by atoms with E-state index in [9.17, 15) is 19.5 Å². The van der Waals surface area contributed by atoms with E-state index in [0.29, 0.717) is 11.3 Å². The van der Waals surface area contributed by atoms with Crippen LogP contribution in [0.15, 0.2) is 53.2 Å². The van der Waals surface area contributed by atoms with Gasteiger partial charge in [0.1, 0.15) is 30.0 Å². The summed E-state index contributed by atoms with van der Waals surface area (Å²) < 4.78 is 1.66. The van der Waals surface area contributed by atoms with Crippen LogP contribution >= 0.6 is 11.8 Å². The number of carboxylic acid groups (broad SMARTS) is 1. The number of carboxylic acids is 1. The largest absolute Gasteiger partial charge is 0.543 e. The van der Waals surface area contributed by atoms with E-state index in [2.05, 4.69) is 20.4 Å². The number of β-lactam (4-membered cyclic amide) rings is 1. The summed E-state index contributed by atoms with van der Waals surface area (Å²) >= 11 is 1.32. The Kier molecular flexibility index (Phi) is 6.32. The number of amides is 2. The van der Waals surface area contributed by atoms with E-state index >= 15 is 0 Å². The number of nitrogen functional groups attached to an aromatic ring is 2. The quantitative estimate of drug-likeness (QED) is 0.162. The third kappa shape index (κ3) is 4.34. The van der Waals surface area contributed by atoms with Gasteiger partial charge in [-0.05, 0) is 12.1 Å². The Morgan fingerprint density at radius 2 is 2.18 bits per heavy atom. The topological polar surface area (TPSA) is 193 Å². The van der Waals surface area contributed by atoms with Crippen LogP contribution in [0.2, 0.25) is 0 Å². The summed E-state index contributed by atoms with van der Waals surface area (Å²) in [5.41, 5.74) is 11.6. The van der Waals surface area contributed by atoms with E-state index in [4.69, 9.17) is 16.3 Å². The number of nitrogens with zero attached hydrogens (tertiary/aromatic N) is 5. The van der Waals surface area contributed by atoms with Crippen molar-refractivity contribution in [2.45, 2.75) is 18.0 Å². The van der Waals surface area contributed by atoms with E-state index in [1.807, 2.05) is 0 Å². The van der Waals surface area contributed by atoms with Crippen LogP contribution in [0.5, 0.6) is 0 Å². The van der Waals surface area contributed by atoms with Gasteiger partial charge in [0.05, 0.1) is 17.9 Å². The Labute approximate surface area is 197 Å². The fraction of sp³-hybridized carbons (Fsp3) is 0.250. The minimum atomic E-state index is -1.48. The number of hydrogen-bond donors (Lipinski definition) is 3. The van der Waals surface area contributed by atoms with Crippen LogP contribution in [0, 0.1) is 0 Å². The van der Waals surface area contributed by atoms with E-state index in [1.165, 1.54) is 31.1 Å². The Hall–Kier alpha value is -4.20. The highest BCUT2D eigenvalue weighted by Crippen LogP contribution is 2.40. The highest BCUT2D eigenvalue weighted by Gasteiger charge is 2.53. The number of anilines is 2. The zero-order valence-corrected chi connectivity index (χ0v) is 18.7. The van der Waals surface area contributed by atoms with Crippen molar-refractivity contribution in [2.24, 2.45) is 5.16 Å². The van der Waals surface area contributed by atoms with Gasteiger partial charge in [0, 0.05) is 11.3 Å². The molecule has 0 spiro atoms. The molecule has 1 fully saturated rings. The van der Waals surface area contributed by atoms with Gasteiger partial charge < -0.3 is 31.5 Å². The number of thioether (sulfide) groups is 1. The maximum atomic E-state index is 12.9. The summed E-state index contributed by atoms with van der Waals surface area (Å²) in [6.45, 7) is 0.183. The van der Waals surface area contributed by atoms with Crippen molar-refractivity contribution in [1.29, 1.82) is 0 Å². The smallest absolute Gasteiger partial charge is 0.276 e. The van der Waals surface area contributed by atoms with Crippen molar-refractivity contribution in [3.63, 3.8) is 0 Å². The molecule has 2 aliphatic heterocycles. The number of oxime groups is 1. The van der Waals surface area contributed by atoms with Crippen molar-refractivity contribution in [2.75, 3.05) is 24.3 Å². The molecule has 2 aromatic rings. The molecular formula is C20H20N8O5S. The molecule has 2 amide bonds. The minimum Gasteiger partial charge on any atom is -0.543 e. The number of pyridine rings is 1. The van der Waals surface area contributed by atoms with Crippen LogP contribution in [0.4, 0.5) is 11.6 Å². The first-order valence-corrected chi connectivity index (χ1v) is 11.0. The summed E-state index contributed by atoms with van der Waals surface area (Å²) in [5.74, 6) is -2.04. The van der Waals surface area contributed by atoms with Crippen LogP contribution in [0.25, 0.3) is 0 Å². The molecule has 13 nitrogen and oxygen atoms in total. The van der Waals surface area contributed by atoms with E-state index < -0.39 is 29.2 Å². The van der Waals surface area contributed by atoms with E-state index in [0.717, 1.165) is 4.90 Å². The molecule has 2 aliphatic rings. The maximum absolute atomic E-state index is 12.9. The Bertz CT molecular complexity index is 1230. The predicted octanol–water partition coefficient (Wildman–Crippen LogP) is -2.62. The first kappa shape index (κ1) is 23.0. The van der Waals surface area contributed by atoms with Gasteiger partial charge >= 0.3 is 0 Å². The fourth-order valence-corrected chi connectivity index (χ4v) is 4.99. The molecule has 4 rings (SSSR count). The van der Waals surface area contributed by atoms with Crippen LogP contribution in [-0.2, 0) is 25.8 Å². The van der Waals surface area contributed by atoms with Gasteiger partial charge in [-0.3, -0.25) is 14.5 Å². The Morgan fingerprint density at radius 3 is 2.85 bits per heavy atom. The first-order valence-electron chi connectivity index (χ1n) is 9.93. The van der Waals surface area contributed by atoms with E-state index in [1.54, 1.807) is 29.1 Å². The number of hydrogen-bond acceptors (Lipinski definition) is 11. The molecule has 176 valence electrons. The zero-order valence-electron chi connectivity index (χ0n) is 17.9. The number of carbonyl (C=O) groups excluding carboxylic acids is 3. The predicted molar refractivity (Wildman–Crippen MR) is 118 cm³/mol.